The number of fused-ring (bicyclic) bond motifs is 1. The molecular weight excluding hydrogens is 373 g/mol. The van der Waals surface area contributed by atoms with Crippen LogP contribution in [0.2, 0.25) is 10.0 Å². The molecule has 0 aliphatic carbocycles. The summed E-state index contributed by atoms with van der Waals surface area (Å²) in [6.45, 7) is 0. The Morgan fingerprint density at radius 2 is 1.67 bits per heavy atom. The Bertz CT molecular complexity index is 1040. The summed E-state index contributed by atoms with van der Waals surface area (Å²) in [5, 5.41) is 1.08. The van der Waals surface area contributed by atoms with E-state index in [9.17, 15) is 13.2 Å². The topological polar surface area (TPSA) is 105 Å². The van der Waals surface area contributed by atoms with Crippen LogP contribution in [0.1, 0.15) is 10.5 Å². The number of nitrogens with one attached hydrogen (secondary N) is 2. The SMILES string of the molecule is NC(=O)c1[nH]c2ccc(Cl)cc2c1S(=O)(=O)Nc1ccc(Cl)cc1. The molecule has 3 rings (SSSR count). The second-order valence-corrected chi connectivity index (χ2v) is 7.49. The molecule has 124 valence electrons. The first kappa shape index (κ1) is 16.6. The van der Waals surface area contributed by atoms with Crippen LogP contribution in [0.25, 0.3) is 10.9 Å². The van der Waals surface area contributed by atoms with E-state index < -0.39 is 15.9 Å². The Morgan fingerprint density at radius 1 is 1.04 bits per heavy atom. The van der Waals surface area contributed by atoms with E-state index in [4.69, 9.17) is 28.9 Å². The van der Waals surface area contributed by atoms with Gasteiger partial charge in [-0.2, -0.15) is 0 Å². The lowest BCUT2D eigenvalue weighted by Crippen LogP contribution is -2.20. The van der Waals surface area contributed by atoms with Crippen LogP contribution in [0.3, 0.4) is 0 Å². The van der Waals surface area contributed by atoms with E-state index in [0.29, 0.717) is 21.2 Å². The Balaban J connectivity index is 2.18. The largest absolute Gasteiger partial charge is 0.364 e. The Labute approximate surface area is 147 Å². The molecule has 3 aromatic rings. The molecule has 2 aromatic carbocycles. The molecule has 1 aromatic heterocycles. The number of primary amides is 1. The first-order valence-electron chi connectivity index (χ1n) is 6.67. The molecule has 4 N–H and O–H groups in total. The molecule has 0 saturated carbocycles. The predicted octanol–water partition coefficient (Wildman–Crippen LogP) is 3.37. The van der Waals surface area contributed by atoms with Crippen molar-refractivity contribution < 1.29 is 13.2 Å². The van der Waals surface area contributed by atoms with Crippen LogP contribution < -0.4 is 10.5 Å². The number of carbonyl (C=O) groups is 1. The second kappa shape index (κ2) is 6.01. The van der Waals surface area contributed by atoms with E-state index in [1.807, 2.05) is 0 Å². The summed E-state index contributed by atoms with van der Waals surface area (Å²) >= 11 is 11.7. The van der Waals surface area contributed by atoms with Gasteiger partial charge in [0.25, 0.3) is 15.9 Å². The maximum atomic E-state index is 12.8. The number of aromatic amines is 1. The van der Waals surface area contributed by atoms with Crippen molar-refractivity contribution in [3.05, 3.63) is 58.2 Å². The molecule has 9 heteroatoms. The summed E-state index contributed by atoms with van der Waals surface area (Å²) in [5.74, 6) is -0.890. The van der Waals surface area contributed by atoms with Crippen molar-refractivity contribution in [3.63, 3.8) is 0 Å². The minimum atomic E-state index is -4.09. The van der Waals surface area contributed by atoms with Crippen LogP contribution in [0.5, 0.6) is 0 Å². The normalized spacial score (nSPS) is 11.6. The van der Waals surface area contributed by atoms with Gasteiger partial charge in [-0.25, -0.2) is 8.42 Å². The van der Waals surface area contributed by atoms with Gasteiger partial charge in [0.1, 0.15) is 10.6 Å². The standard InChI is InChI=1S/C15H11Cl2N3O3S/c16-8-1-4-10(5-2-8)20-24(22,23)14-11-7-9(17)3-6-12(11)19-13(14)15(18)21/h1-7,19-20H,(H2,18,21). The van der Waals surface area contributed by atoms with E-state index >= 15 is 0 Å². The maximum Gasteiger partial charge on any atom is 0.266 e. The molecule has 0 saturated heterocycles. The number of rotatable bonds is 4. The number of nitrogens with two attached hydrogens (primary N) is 1. The second-order valence-electron chi connectivity index (χ2n) is 5.00. The van der Waals surface area contributed by atoms with Crippen LogP contribution in [-0.4, -0.2) is 19.3 Å². The predicted molar refractivity (Wildman–Crippen MR) is 94.1 cm³/mol. The monoisotopic (exact) mass is 383 g/mol. The van der Waals surface area contributed by atoms with E-state index in [1.165, 1.54) is 18.2 Å². The summed E-state index contributed by atoms with van der Waals surface area (Å²) in [6.07, 6.45) is 0. The van der Waals surface area contributed by atoms with Gasteiger partial charge in [-0.3, -0.25) is 9.52 Å². The van der Waals surface area contributed by atoms with Crippen LogP contribution in [0.15, 0.2) is 47.4 Å². The maximum absolute atomic E-state index is 12.8. The summed E-state index contributed by atoms with van der Waals surface area (Å²) in [4.78, 5) is 14.1. The summed E-state index contributed by atoms with van der Waals surface area (Å²) in [5.41, 5.74) is 5.83. The summed E-state index contributed by atoms with van der Waals surface area (Å²) in [6, 6.07) is 10.7. The van der Waals surface area contributed by atoms with Gasteiger partial charge in [0.05, 0.1) is 0 Å². The Kier molecular flexibility index (Phi) is 4.16. The molecule has 0 atom stereocenters. The van der Waals surface area contributed by atoms with Gasteiger partial charge < -0.3 is 10.7 Å². The summed E-state index contributed by atoms with van der Waals surface area (Å²) < 4.78 is 28.0. The van der Waals surface area contributed by atoms with Gasteiger partial charge in [-0.1, -0.05) is 23.2 Å². The zero-order valence-electron chi connectivity index (χ0n) is 12.0. The molecular formula is C15H11Cl2N3O3S. The molecule has 0 aliphatic heterocycles. The summed E-state index contributed by atoms with van der Waals surface area (Å²) in [7, 11) is -4.09. The highest BCUT2D eigenvalue weighted by molar-refractivity contribution is 7.93. The number of anilines is 1. The third-order valence-electron chi connectivity index (χ3n) is 3.32. The van der Waals surface area contributed by atoms with Crippen molar-refractivity contribution in [2.24, 2.45) is 5.73 Å². The van der Waals surface area contributed by atoms with Crippen molar-refractivity contribution in [1.29, 1.82) is 0 Å². The van der Waals surface area contributed by atoms with E-state index in [2.05, 4.69) is 9.71 Å². The van der Waals surface area contributed by atoms with Gasteiger partial charge >= 0.3 is 0 Å². The lowest BCUT2D eigenvalue weighted by atomic mass is 10.2. The van der Waals surface area contributed by atoms with Crippen molar-refractivity contribution >= 4 is 55.7 Å². The van der Waals surface area contributed by atoms with Gasteiger partial charge in [0.15, 0.2) is 0 Å². The molecule has 0 unspecified atom stereocenters. The van der Waals surface area contributed by atoms with Gasteiger partial charge in [0, 0.05) is 26.6 Å². The van der Waals surface area contributed by atoms with Crippen LogP contribution in [0, 0.1) is 0 Å². The molecule has 24 heavy (non-hydrogen) atoms. The van der Waals surface area contributed by atoms with E-state index in [0.717, 1.165) is 0 Å². The highest BCUT2D eigenvalue weighted by Gasteiger charge is 2.27. The molecule has 6 nitrogen and oxygen atoms in total. The van der Waals surface area contributed by atoms with Crippen molar-refractivity contribution in [1.82, 2.24) is 4.98 Å². The lowest BCUT2D eigenvalue weighted by Gasteiger charge is -2.09. The van der Waals surface area contributed by atoms with Crippen molar-refractivity contribution in [2.75, 3.05) is 4.72 Å². The zero-order chi connectivity index (χ0) is 17.5. The number of amides is 1. The fraction of sp³-hybridized carbons (Fsp3) is 0. The zero-order valence-corrected chi connectivity index (χ0v) is 14.3. The number of benzene rings is 2. The van der Waals surface area contributed by atoms with Crippen LogP contribution in [0.4, 0.5) is 5.69 Å². The average molecular weight is 384 g/mol. The molecule has 0 aliphatic rings. The van der Waals surface area contributed by atoms with Crippen molar-refractivity contribution in [2.45, 2.75) is 4.90 Å². The minimum Gasteiger partial charge on any atom is -0.364 e. The average Bonchev–Trinajstić information content (AvgIpc) is 2.89. The van der Waals surface area contributed by atoms with E-state index in [-0.39, 0.29) is 16.0 Å². The van der Waals surface area contributed by atoms with E-state index in [1.54, 1.807) is 24.3 Å². The van der Waals surface area contributed by atoms with Crippen LogP contribution >= 0.6 is 23.2 Å². The molecule has 0 bridgehead atoms. The van der Waals surface area contributed by atoms with Crippen molar-refractivity contribution in [3.8, 4) is 0 Å². The number of halogens is 2. The Hall–Kier alpha value is -2.22. The number of hydrogen-bond acceptors (Lipinski definition) is 3. The lowest BCUT2D eigenvalue weighted by molar-refractivity contribution is 0.0993. The number of hydrogen-bond donors (Lipinski definition) is 3. The van der Waals surface area contributed by atoms with Gasteiger partial charge in [0.2, 0.25) is 0 Å². The first-order valence-corrected chi connectivity index (χ1v) is 8.91. The van der Waals surface area contributed by atoms with Crippen LogP contribution in [-0.2, 0) is 10.0 Å². The quantitative estimate of drug-likeness (QED) is 0.642. The third kappa shape index (κ3) is 3.06. The Morgan fingerprint density at radius 3 is 2.29 bits per heavy atom. The molecule has 0 spiro atoms. The highest BCUT2D eigenvalue weighted by atomic mass is 35.5. The van der Waals surface area contributed by atoms with Gasteiger partial charge in [-0.15, -0.1) is 0 Å². The molecule has 0 fully saturated rings. The number of carbonyl (C=O) groups excluding carboxylic acids is 1. The smallest absolute Gasteiger partial charge is 0.266 e. The first-order chi connectivity index (χ1) is 11.3. The number of aromatic nitrogens is 1. The third-order valence-corrected chi connectivity index (χ3v) is 5.28. The minimum absolute atomic E-state index is 0.214. The number of H-pyrrole nitrogens is 1. The molecule has 1 heterocycles. The molecule has 0 radical (unpaired) electrons. The fourth-order valence-corrected chi connectivity index (χ4v) is 4.04. The highest BCUT2D eigenvalue weighted by Crippen LogP contribution is 2.30. The van der Waals surface area contributed by atoms with Gasteiger partial charge in [-0.05, 0) is 42.5 Å². The molecule has 1 amide bonds. The number of sulfonamides is 1. The fourth-order valence-electron chi connectivity index (χ4n) is 2.32.